The number of allylic oxidation sites excluding steroid dienone is 2. The van der Waals surface area contributed by atoms with Gasteiger partial charge in [-0.1, -0.05) is 16.6 Å². The highest BCUT2D eigenvalue weighted by molar-refractivity contribution is 5.79. The Hall–Kier alpha value is -2.07. The molecule has 3 heterocycles. The van der Waals surface area contributed by atoms with E-state index in [9.17, 15) is 15.3 Å². The van der Waals surface area contributed by atoms with Gasteiger partial charge in [0.15, 0.2) is 11.7 Å². The summed E-state index contributed by atoms with van der Waals surface area (Å²) in [4.78, 5) is 8.61. The third-order valence-electron chi connectivity index (χ3n) is 4.13. The number of hydrogen-bond acceptors (Lipinski definition) is 7. The molecule has 1 fully saturated rings. The van der Waals surface area contributed by atoms with Gasteiger partial charge in [-0.05, 0) is 13.8 Å². The Labute approximate surface area is 138 Å². The van der Waals surface area contributed by atoms with Crippen LogP contribution in [0.5, 0.6) is 0 Å². The van der Waals surface area contributed by atoms with Gasteiger partial charge in [-0.2, -0.15) is 0 Å². The van der Waals surface area contributed by atoms with E-state index in [0.717, 1.165) is 0 Å². The predicted octanol–water partition coefficient (Wildman–Crippen LogP) is -1.12. The lowest BCUT2D eigenvalue weighted by atomic mass is 10.1. The van der Waals surface area contributed by atoms with Crippen molar-refractivity contribution in [1.29, 1.82) is 0 Å². The van der Waals surface area contributed by atoms with Crippen LogP contribution in [0.15, 0.2) is 24.3 Å². The van der Waals surface area contributed by atoms with Crippen molar-refractivity contribution in [3.05, 3.63) is 24.3 Å². The highest BCUT2D eigenvalue weighted by Crippen LogP contribution is 2.31. The lowest BCUT2D eigenvalue weighted by molar-refractivity contribution is -0.674. The van der Waals surface area contributed by atoms with Crippen LogP contribution in [0.1, 0.15) is 20.1 Å². The number of fused-ring (bicyclic) bond motifs is 1. The molecule has 9 nitrogen and oxygen atoms in total. The summed E-state index contributed by atoms with van der Waals surface area (Å²) >= 11 is 0. The van der Waals surface area contributed by atoms with Gasteiger partial charge in [0.2, 0.25) is 12.0 Å². The van der Waals surface area contributed by atoms with Crippen LogP contribution in [-0.4, -0.2) is 54.8 Å². The number of aliphatic hydroxyl groups excluding tert-OH is 3. The van der Waals surface area contributed by atoms with Crippen molar-refractivity contribution < 1.29 is 24.6 Å². The summed E-state index contributed by atoms with van der Waals surface area (Å²) in [6.07, 6.45) is 0.957. The average Bonchev–Trinajstić information content (AvgIpc) is 3.09. The minimum atomic E-state index is -1.19. The molecule has 0 radical (unpaired) electrons. The molecule has 24 heavy (non-hydrogen) atoms. The van der Waals surface area contributed by atoms with Gasteiger partial charge in [-0.25, -0.2) is 9.55 Å². The second-order valence-electron chi connectivity index (χ2n) is 6.12. The Kier molecular flexibility index (Phi) is 4.50. The fraction of sp³-hybridized carbons (Fsp3) is 0.533. The van der Waals surface area contributed by atoms with Crippen LogP contribution in [0.3, 0.4) is 0 Å². The summed E-state index contributed by atoms with van der Waals surface area (Å²) < 4.78 is 8.79. The molecule has 0 amide bonds. The van der Waals surface area contributed by atoms with E-state index in [1.165, 1.54) is 16.5 Å². The number of nitrogens with two attached hydrogens (primary N) is 1. The van der Waals surface area contributed by atoms with Crippen molar-refractivity contribution in [3.8, 4) is 0 Å². The predicted molar refractivity (Wildman–Crippen MR) is 84.6 cm³/mol. The monoisotopic (exact) mass is 336 g/mol. The zero-order chi connectivity index (χ0) is 17.4. The second kappa shape index (κ2) is 6.44. The third kappa shape index (κ3) is 2.75. The number of rotatable bonds is 4. The van der Waals surface area contributed by atoms with Crippen LogP contribution < -0.4 is 10.3 Å². The minimum Gasteiger partial charge on any atom is -0.394 e. The first-order valence-electron chi connectivity index (χ1n) is 7.70. The number of aromatic nitrogens is 4. The molecule has 0 spiro atoms. The van der Waals surface area contributed by atoms with Crippen LogP contribution >= 0.6 is 0 Å². The molecule has 0 bridgehead atoms. The van der Waals surface area contributed by atoms with Crippen molar-refractivity contribution in [2.45, 2.75) is 44.9 Å². The van der Waals surface area contributed by atoms with E-state index in [1.54, 1.807) is 10.9 Å². The Morgan fingerprint density at radius 1 is 1.38 bits per heavy atom. The first-order chi connectivity index (χ1) is 11.4. The van der Waals surface area contributed by atoms with Gasteiger partial charge in [-0.15, -0.1) is 0 Å². The maximum absolute atomic E-state index is 10.2. The van der Waals surface area contributed by atoms with E-state index >= 15 is 0 Å². The van der Waals surface area contributed by atoms with Crippen molar-refractivity contribution in [1.82, 2.24) is 14.5 Å². The van der Waals surface area contributed by atoms with Crippen LogP contribution in [0.4, 0.5) is 5.82 Å². The molecule has 9 heteroatoms. The summed E-state index contributed by atoms with van der Waals surface area (Å²) in [6, 6.07) is 0. The van der Waals surface area contributed by atoms with Gasteiger partial charge < -0.3 is 25.8 Å². The topological polar surface area (TPSA) is 131 Å². The molecule has 1 aliphatic heterocycles. The quantitative estimate of drug-likeness (QED) is 0.411. The summed E-state index contributed by atoms with van der Waals surface area (Å²) in [5, 5.41) is 29.2. The van der Waals surface area contributed by atoms with Gasteiger partial charge in [0.05, 0.1) is 13.2 Å². The van der Waals surface area contributed by atoms with Gasteiger partial charge in [0, 0.05) is 0 Å². The molecule has 3 rings (SSSR count). The lowest BCUT2D eigenvalue weighted by Gasteiger charge is -2.15. The summed E-state index contributed by atoms with van der Waals surface area (Å²) in [7, 11) is 0. The van der Waals surface area contributed by atoms with E-state index < -0.39 is 24.5 Å². The maximum Gasteiger partial charge on any atom is 0.251 e. The summed E-state index contributed by atoms with van der Waals surface area (Å²) in [5.74, 6) is 0.447. The first-order valence-corrected chi connectivity index (χ1v) is 7.70. The zero-order valence-electron chi connectivity index (χ0n) is 13.6. The Bertz CT molecular complexity index is 771. The highest BCUT2D eigenvalue weighted by atomic mass is 16.6. The van der Waals surface area contributed by atoms with Crippen molar-refractivity contribution in [2.24, 2.45) is 0 Å². The Balaban J connectivity index is 1.97. The normalized spacial score (nSPS) is 26.9. The molecule has 2 aromatic heterocycles. The van der Waals surface area contributed by atoms with Crippen LogP contribution in [0, 0.1) is 0 Å². The van der Waals surface area contributed by atoms with Crippen LogP contribution in [0.25, 0.3) is 11.2 Å². The van der Waals surface area contributed by atoms with Crippen LogP contribution in [-0.2, 0) is 11.3 Å². The average molecular weight is 336 g/mol. The molecule has 0 saturated carbocycles. The fourth-order valence-electron chi connectivity index (χ4n) is 2.71. The number of ether oxygens (including phenoxy) is 1. The molecular formula is C15H22N5O4+. The molecule has 1 aliphatic rings. The molecule has 2 aromatic rings. The van der Waals surface area contributed by atoms with E-state index in [2.05, 4.69) is 9.97 Å². The maximum atomic E-state index is 10.2. The summed E-state index contributed by atoms with van der Waals surface area (Å²) in [5.41, 5.74) is 8.25. The number of nitrogens with zero attached hydrogens (tertiary/aromatic N) is 4. The third-order valence-corrected chi connectivity index (χ3v) is 4.13. The molecule has 0 aromatic carbocycles. The molecule has 0 unspecified atom stereocenters. The van der Waals surface area contributed by atoms with Crippen molar-refractivity contribution in [3.63, 3.8) is 0 Å². The van der Waals surface area contributed by atoms with Gasteiger partial charge in [0.1, 0.15) is 24.6 Å². The largest absolute Gasteiger partial charge is 0.394 e. The number of aliphatic hydroxyl groups is 3. The van der Waals surface area contributed by atoms with E-state index in [-0.39, 0.29) is 6.61 Å². The Morgan fingerprint density at radius 3 is 2.75 bits per heavy atom. The van der Waals surface area contributed by atoms with Crippen molar-refractivity contribution >= 4 is 17.0 Å². The fourth-order valence-corrected chi connectivity index (χ4v) is 2.71. The molecule has 0 aliphatic carbocycles. The zero-order valence-corrected chi connectivity index (χ0v) is 13.6. The molecule has 4 atom stereocenters. The number of nitrogen functional groups attached to an aromatic ring is 1. The molecule has 5 N–H and O–H groups in total. The van der Waals surface area contributed by atoms with E-state index in [4.69, 9.17) is 10.5 Å². The molecular weight excluding hydrogens is 314 g/mol. The molecule has 1 saturated heterocycles. The highest BCUT2D eigenvalue weighted by Gasteiger charge is 2.44. The second-order valence-corrected chi connectivity index (χ2v) is 6.12. The molecule has 130 valence electrons. The SMILES string of the molecule is CC(C)=CC[n+]1cnc2c(ncn2[C@@H]2O[C@H](CO)[C@@H](O)[C@@H]2O)c1N. The number of imidazole rings is 1. The minimum absolute atomic E-state index is 0.389. The lowest BCUT2D eigenvalue weighted by Crippen LogP contribution is -2.37. The Morgan fingerprint density at radius 2 is 2.12 bits per heavy atom. The van der Waals surface area contributed by atoms with Gasteiger partial charge >= 0.3 is 0 Å². The standard InChI is InChI=1S/C15H21N5O4/c1-8(2)3-4-19-6-18-14-10(13(19)16)17-7-20(14)15-12(23)11(22)9(5-21)24-15/h3,6-7,9,11-12,15-16,21-23H,4-5H2,1-2H3/p+1/t9-,11-,12+,15-/m1/s1. The first kappa shape index (κ1) is 16.8. The smallest absolute Gasteiger partial charge is 0.251 e. The van der Waals surface area contributed by atoms with Gasteiger partial charge in [-0.3, -0.25) is 4.57 Å². The van der Waals surface area contributed by atoms with E-state index in [0.29, 0.717) is 23.5 Å². The van der Waals surface area contributed by atoms with E-state index in [1.807, 2.05) is 19.9 Å². The number of anilines is 1. The summed E-state index contributed by atoms with van der Waals surface area (Å²) in [6.45, 7) is 4.19. The number of hydrogen-bond donors (Lipinski definition) is 4. The van der Waals surface area contributed by atoms with Gasteiger partial charge in [0.25, 0.3) is 5.82 Å². The van der Waals surface area contributed by atoms with Crippen LogP contribution in [0.2, 0.25) is 0 Å². The van der Waals surface area contributed by atoms with Crippen molar-refractivity contribution in [2.75, 3.05) is 12.3 Å².